The number of carbonyl (C=O) groups is 1. The first-order chi connectivity index (χ1) is 10.6. The van der Waals surface area contributed by atoms with Crippen LogP contribution in [0, 0.1) is 5.92 Å². The van der Waals surface area contributed by atoms with Gasteiger partial charge in [-0.05, 0) is 37.3 Å². The van der Waals surface area contributed by atoms with Crippen molar-refractivity contribution in [3.63, 3.8) is 0 Å². The second-order valence-corrected chi connectivity index (χ2v) is 6.73. The molecule has 1 heterocycles. The van der Waals surface area contributed by atoms with Crippen LogP contribution in [-0.2, 0) is 11.3 Å². The van der Waals surface area contributed by atoms with Crippen LogP contribution >= 0.6 is 24.8 Å². The molecule has 1 aliphatic heterocycles. The van der Waals surface area contributed by atoms with Crippen molar-refractivity contribution in [2.45, 2.75) is 51.7 Å². The highest BCUT2D eigenvalue weighted by atomic mass is 35.5. The predicted octanol–water partition coefficient (Wildman–Crippen LogP) is 2.98. The number of benzene rings is 1. The van der Waals surface area contributed by atoms with Crippen LogP contribution in [0.25, 0.3) is 0 Å². The molecule has 0 aliphatic carbocycles. The third-order valence-electron chi connectivity index (χ3n) is 4.30. The van der Waals surface area contributed by atoms with Crippen molar-refractivity contribution in [3.05, 3.63) is 35.9 Å². The van der Waals surface area contributed by atoms with Crippen LogP contribution in [0.2, 0.25) is 0 Å². The summed E-state index contributed by atoms with van der Waals surface area (Å²) in [6.45, 7) is 6.95. The monoisotopic (exact) mass is 375 g/mol. The molecule has 24 heavy (non-hydrogen) atoms. The molecule has 1 unspecified atom stereocenters. The van der Waals surface area contributed by atoms with Crippen molar-refractivity contribution < 1.29 is 4.79 Å². The van der Waals surface area contributed by atoms with Gasteiger partial charge in [0.05, 0.1) is 6.04 Å². The standard InChI is InChI=1S/C18H29N3O.2ClH/c1-14(2)11-17(19)18(22)20-12-16-9-6-10-21(16)13-15-7-4-3-5-8-15;;/h3-5,7-8,14,16-17H,6,9-13,19H2,1-2H3,(H,20,22);2*1H/t16?,17-;;/m0../s1. The predicted molar refractivity (Wildman–Crippen MR) is 105 cm³/mol. The molecule has 138 valence electrons. The molecule has 6 heteroatoms. The van der Waals surface area contributed by atoms with Crippen LogP contribution in [0.3, 0.4) is 0 Å². The Morgan fingerprint density at radius 3 is 2.58 bits per heavy atom. The summed E-state index contributed by atoms with van der Waals surface area (Å²) < 4.78 is 0. The lowest BCUT2D eigenvalue weighted by atomic mass is 10.0. The number of halogens is 2. The van der Waals surface area contributed by atoms with Crippen molar-refractivity contribution in [1.29, 1.82) is 0 Å². The molecule has 2 atom stereocenters. The molecule has 1 fully saturated rings. The maximum atomic E-state index is 12.0. The van der Waals surface area contributed by atoms with Gasteiger partial charge in [-0.1, -0.05) is 44.2 Å². The van der Waals surface area contributed by atoms with E-state index >= 15 is 0 Å². The van der Waals surface area contributed by atoms with Crippen LogP contribution in [0.15, 0.2) is 30.3 Å². The minimum absolute atomic E-state index is 0. The summed E-state index contributed by atoms with van der Waals surface area (Å²) in [7, 11) is 0. The molecule has 2 rings (SSSR count). The third kappa shape index (κ3) is 7.39. The summed E-state index contributed by atoms with van der Waals surface area (Å²) >= 11 is 0. The molecule has 0 aromatic heterocycles. The second-order valence-electron chi connectivity index (χ2n) is 6.73. The summed E-state index contributed by atoms with van der Waals surface area (Å²) in [5.74, 6) is 0.432. The van der Waals surface area contributed by atoms with E-state index in [4.69, 9.17) is 5.73 Å². The van der Waals surface area contributed by atoms with Crippen LogP contribution in [0.1, 0.15) is 38.7 Å². The van der Waals surface area contributed by atoms with Gasteiger partial charge in [-0.3, -0.25) is 9.69 Å². The zero-order valence-corrected chi connectivity index (χ0v) is 16.2. The van der Waals surface area contributed by atoms with Crippen LogP contribution in [0.4, 0.5) is 0 Å². The molecule has 4 nitrogen and oxygen atoms in total. The van der Waals surface area contributed by atoms with Gasteiger partial charge in [0.15, 0.2) is 0 Å². The SMILES string of the molecule is CC(C)C[C@H](N)C(=O)NCC1CCCN1Cc1ccccc1.Cl.Cl. The van der Waals surface area contributed by atoms with E-state index in [0.717, 1.165) is 25.9 Å². The molecular weight excluding hydrogens is 345 g/mol. The average Bonchev–Trinajstić information content (AvgIpc) is 2.92. The lowest BCUT2D eigenvalue weighted by Crippen LogP contribution is -2.46. The van der Waals surface area contributed by atoms with Crippen molar-refractivity contribution in [2.75, 3.05) is 13.1 Å². The minimum atomic E-state index is -0.385. The fraction of sp³-hybridized carbons (Fsp3) is 0.611. The first kappa shape index (κ1) is 23.2. The van der Waals surface area contributed by atoms with Gasteiger partial charge in [0.25, 0.3) is 0 Å². The van der Waals surface area contributed by atoms with Crippen molar-refractivity contribution in [2.24, 2.45) is 11.7 Å². The Morgan fingerprint density at radius 2 is 1.96 bits per heavy atom. The van der Waals surface area contributed by atoms with E-state index in [0.29, 0.717) is 18.5 Å². The number of rotatable bonds is 7. The summed E-state index contributed by atoms with van der Waals surface area (Å²) in [5.41, 5.74) is 7.27. The number of nitrogens with two attached hydrogens (primary N) is 1. The first-order valence-electron chi connectivity index (χ1n) is 8.37. The number of nitrogens with zero attached hydrogens (tertiary/aromatic N) is 1. The normalized spacial score (nSPS) is 18.6. The molecule has 1 aliphatic rings. The van der Waals surface area contributed by atoms with Crippen molar-refractivity contribution in [3.8, 4) is 0 Å². The topological polar surface area (TPSA) is 58.4 Å². The molecular formula is C18H31Cl2N3O. The Kier molecular flexibility index (Phi) is 11.3. The van der Waals surface area contributed by atoms with Crippen molar-refractivity contribution >= 4 is 30.7 Å². The summed E-state index contributed by atoms with van der Waals surface area (Å²) in [4.78, 5) is 14.5. The highest BCUT2D eigenvalue weighted by molar-refractivity contribution is 5.85. The van der Waals surface area contributed by atoms with E-state index in [-0.39, 0.29) is 36.8 Å². The second kappa shape index (κ2) is 11.7. The van der Waals surface area contributed by atoms with Gasteiger partial charge in [0.1, 0.15) is 0 Å². The van der Waals surface area contributed by atoms with E-state index < -0.39 is 0 Å². The van der Waals surface area contributed by atoms with Crippen LogP contribution < -0.4 is 11.1 Å². The minimum Gasteiger partial charge on any atom is -0.353 e. The maximum absolute atomic E-state index is 12.0. The van der Waals surface area contributed by atoms with Crippen LogP contribution in [0.5, 0.6) is 0 Å². The fourth-order valence-corrected chi connectivity index (χ4v) is 3.12. The van der Waals surface area contributed by atoms with E-state index in [2.05, 4.69) is 48.3 Å². The molecule has 0 bridgehead atoms. The number of hydrogen-bond acceptors (Lipinski definition) is 3. The van der Waals surface area contributed by atoms with E-state index in [1.807, 2.05) is 6.07 Å². The molecule has 1 aromatic carbocycles. The van der Waals surface area contributed by atoms with Crippen molar-refractivity contribution in [1.82, 2.24) is 10.2 Å². The number of nitrogens with one attached hydrogen (secondary N) is 1. The Hall–Kier alpha value is -0.810. The van der Waals surface area contributed by atoms with Gasteiger partial charge < -0.3 is 11.1 Å². The molecule has 3 N–H and O–H groups in total. The molecule has 0 spiro atoms. The number of likely N-dealkylation sites (tertiary alicyclic amines) is 1. The first-order valence-corrected chi connectivity index (χ1v) is 8.37. The molecule has 1 saturated heterocycles. The highest BCUT2D eigenvalue weighted by Gasteiger charge is 2.25. The average molecular weight is 376 g/mol. The van der Waals surface area contributed by atoms with Gasteiger partial charge >= 0.3 is 0 Å². The summed E-state index contributed by atoms with van der Waals surface area (Å²) in [5, 5.41) is 3.04. The molecule has 0 saturated carbocycles. The summed E-state index contributed by atoms with van der Waals surface area (Å²) in [6.07, 6.45) is 3.09. The fourth-order valence-electron chi connectivity index (χ4n) is 3.12. The maximum Gasteiger partial charge on any atom is 0.236 e. The molecule has 0 radical (unpaired) electrons. The zero-order valence-electron chi connectivity index (χ0n) is 14.6. The molecule has 1 aromatic rings. The lowest BCUT2D eigenvalue weighted by molar-refractivity contribution is -0.122. The lowest BCUT2D eigenvalue weighted by Gasteiger charge is -2.25. The zero-order chi connectivity index (χ0) is 15.9. The van der Waals surface area contributed by atoms with Gasteiger partial charge in [-0.15, -0.1) is 24.8 Å². The largest absolute Gasteiger partial charge is 0.353 e. The van der Waals surface area contributed by atoms with Crippen LogP contribution in [-0.4, -0.2) is 36.0 Å². The third-order valence-corrected chi connectivity index (χ3v) is 4.30. The Labute approximate surface area is 158 Å². The Balaban J connectivity index is 0.00000264. The number of amides is 1. The van der Waals surface area contributed by atoms with Gasteiger partial charge in [0, 0.05) is 19.1 Å². The van der Waals surface area contributed by atoms with Gasteiger partial charge in [-0.25, -0.2) is 0 Å². The number of carbonyl (C=O) groups excluding carboxylic acids is 1. The van der Waals surface area contributed by atoms with E-state index in [9.17, 15) is 4.79 Å². The Bertz CT molecular complexity index is 471. The van der Waals surface area contributed by atoms with Gasteiger partial charge in [-0.2, -0.15) is 0 Å². The molecule has 1 amide bonds. The summed E-state index contributed by atoms with van der Waals surface area (Å²) in [6, 6.07) is 10.6. The highest BCUT2D eigenvalue weighted by Crippen LogP contribution is 2.19. The quantitative estimate of drug-likeness (QED) is 0.769. The Morgan fingerprint density at radius 1 is 1.29 bits per heavy atom. The smallest absolute Gasteiger partial charge is 0.236 e. The van der Waals surface area contributed by atoms with E-state index in [1.165, 1.54) is 12.0 Å². The number of hydrogen-bond donors (Lipinski definition) is 2. The van der Waals surface area contributed by atoms with Gasteiger partial charge in [0.2, 0.25) is 5.91 Å². The van der Waals surface area contributed by atoms with E-state index in [1.54, 1.807) is 0 Å².